The number of aromatic carboxylic acids is 1. The van der Waals surface area contributed by atoms with Gasteiger partial charge in [0.1, 0.15) is 4.88 Å². The van der Waals surface area contributed by atoms with E-state index in [4.69, 9.17) is 5.11 Å². The normalized spacial score (nSPS) is 10.3. The van der Waals surface area contributed by atoms with Crippen LogP contribution in [-0.4, -0.2) is 29.1 Å². The van der Waals surface area contributed by atoms with Crippen LogP contribution in [-0.2, 0) is 0 Å². The van der Waals surface area contributed by atoms with Crippen LogP contribution in [0.2, 0.25) is 0 Å². The first-order valence-electron chi connectivity index (χ1n) is 6.45. The molecule has 2 aromatic rings. The molecule has 0 spiro atoms. The number of hydrogen-bond donors (Lipinski definition) is 2. The van der Waals surface area contributed by atoms with Crippen molar-refractivity contribution in [3.63, 3.8) is 0 Å². The van der Waals surface area contributed by atoms with E-state index in [9.17, 15) is 4.79 Å². The van der Waals surface area contributed by atoms with E-state index in [1.165, 1.54) is 11.9 Å². The molecule has 0 amide bonds. The van der Waals surface area contributed by atoms with E-state index in [0.717, 1.165) is 30.1 Å². The van der Waals surface area contributed by atoms with E-state index in [0.29, 0.717) is 5.13 Å². The number of nitrogens with zero attached hydrogens (tertiary/aromatic N) is 2. The molecular formula is C14H17N3O2S. The Morgan fingerprint density at radius 3 is 2.45 bits per heavy atom. The third-order valence-corrected chi connectivity index (χ3v) is 3.86. The fourth-order valence-electron chi connectivity index (χ4n) is 1.90. The largest absolute Gasteiger partial charge is 0.477 e. The van der Waals surface area contributed by atoms with Gasteiger partial charge in [0.25, 0.3) is 0 Å². The Hall–Kier alpha value is -2.08. The van der Waals surface area contributed by atoms with E-state index in [-0.39, 0.29) is 4.88 Å². The van der Waals surface area contributed by atoms with Crippen LogP contribution in [0.5, 0.6) is 0 Å². The van der Waals surface area contributed by atoms with Crippen LogP contribution in [0.3, 0.4) is 0 Å². The molecule has 5 nitrogen and oxygen atoms in total. The number of anilines is 3. The molecule has 6 heteroatoms. The number of nitrogens with one attached hydrogen (secondary N) is 1. The first-order valence-corrected chi connectivity index (χ1v) is 7.26. The first-order chi connectivity index (χ1) is 9.63. The van der Waals surface area contributed by atoms with Crippen LogP contribution < -0.4 is 10.2 Å². The van der Waals surface area contributed by atoms with Gasteiger partial charge in [-0.1, -0.05) is 11.3 Å². The van der Waals surface area contributed by atoms with Gasteiger partial charge < -0.3 is 15.3 Å². The summed E-state index contributed by atoms with van der Waals surface area (Å²) in [5.41, 5.74) is 2.07. The summed E-state index contributed by atoms with van der Waals surface area (Å²) in [6, 6.07) is 8.02. The minimum absolute atomic E-state index is 0.229. The second-order valence-corrected chi connectivity index (χ2v) is 5.21. The van der Waals surface area contributed by atoms with E-state index in [2.05, 4.69) is 29.0 Å². The number of carbonyl (C=O) groups is 1. The lowest BCUT2D eigenvalue weighted by Gasteiger charge is -2.21. The van der Waals surface area contributed by atoms with E-state index >= 15 is 0 Å². The third-order valence-electron chi connectivity index (χ3n) is 2.96. The van der Waals surface area contributed by atoms with Gasteiger partial charge in [-0.3, -0.25) is 0 Å². The number of carboxylic acid groups (broad SMARTS) is 1. The first kappa shape index (κ1) is 14.3. The molecule has 0 fully saturated rings. The highest BCUT2D eigenvalue weighted by Crippen LogP contribution is 2.24. The monoisotopic (exact) mass is 291 g/mol. The van der Waals surface area contributed by atoms with Crippen molar-refractivity contribution >= 4 is 33.8 Å². The molecule has 0 aliphatic heterocycles. The van der Waals surface area contributed by atoms with Gasteiger partial charge in [-0.2, -0.15) is 0 Å². The highest BCUT2D eigenvalue weighted by Gasteiger charge is 2.08. The lowest BCUT2D eigenvalue weighted by Crippen LogP contribution is -2.21. The predicted molar refractivity (Wildman–Crippen MR) is 82.4 cm³/mol. The van der Waals surface area contributed by atoms with Crippen LogP contribution in [0.4, 0.5) is 16.5 Å². The summed E-state index contributed by atoms with van der Waals surface area (Å²) in [6.07, 6.45) is 1.36. The Morgan fingerprint density at radius 1 is 1.30 bits per heavy atom. The molecule has 0 unspecified atom stereocenters. The van der Waals surface area contributed by atoms with Crippen molar-refractivity contribution in [3.8, 4) is 0 Å². The Kier molecular flexibility index (Phi) is 4.57. The Morgan fingerprint density at radius 2 is 1.95 bits per heavy atom. The van der Waals surface area contributed by atoms with Gasteiger partial charge in [0.2, 0.25) is 0 Å². The maximum absolute atomic E-state index is 10.8. The van der Waals surface area contributed by atoms with Crippen molar-refractivity contribution in [1.29, 1.82) is 0 Å². The molecule has 0 bridgehead atoms. The van der Waals surface area contributed by atoms with Gasteiger partial charge in [-0.15, -0.1) is 0 Å². The minimum atomic E-state index is -0.951. The molecule has 1 aromatic heterocycles. The molecular weight excluding hydrogens is 274 g/mol. The topological polar surface area (TPSA) is 65.5 Å². The summed E-state index contributed by atoms with van der Waals surface area (Å²) in [5, 5.41) is 12.5. The molecule has 2 N–H and O–H groups in total. The van der Waals surface area contributed by atoms with E-state index in [1.54, 1.807) is 0 Å². The number of aromatic nitrogens is 1. The van der Waals surface area contributed by atoms with Crippen molar-refractivity contribution in [2.24, 2.45) is 0 Å². The molecule has 106 valence electrons. The number of rotatable bonds is 6. The Bertz CT molecular complexity index is 576. The quantitative estimate of drug-likeness (QED) is 0.853. The summed E-state index contributed by atoms with van der Waals surface area (Å²) in [5.74, 6) is -0.951. The number of benzene rings is 1. The van der Waals surface area contributed by atoms with Gasteiger partial charge in [0, 0.05) is 24.5 Å². The molecule has 0 saturated carbocycles. The molecule has 2 rings (SSSR count). The summed E-state index contributed by atoms with van der Waals surface area (Å²) in [4.78, 5) is 17.3. The summed E-state index contributed by atoms with van der Waals surface area (Å²) < 4.78 is 0. The van der Waals surface area contributed by atoms with Gasteiger partial charge in [-0.05, 0) is 38.1 Å². The zero-order valence-electron chi connectivity index (χ0n) is 11.5. The van der Waals surface area contributed by atoms with E-state index in [1.807, 2.05) is 24.3 Å². The van der Waals surface area contributed by atoms with Crippen LogP contribution in [0, 0.1) is 0 Å². The third kappa shape index (κ3) is 3.27. The van der Waals surface area contributed by atoms with Crippen molar-refractivity contribution in [3.05, 3.63) is 35.3 Å². The average molecular weight is 291 g/mol. The number of thiazole rings is 1. The number of hydrogen-bond acceptors (Lipinski definition) is 5. The fraction of sp³-hybridized carbons (Fsp3) is 0.286. The van der Waals surface area contributed by atoms with Crippen LogP contribution >= 0.6 is 11.3 Å². The summed E-state index contributed by atoms with van der Waals surface area (Å²) >= 11 is 1.12. The van der Waals surface area contributed by atoms with Crippen LogP contribution in [0.25, 0.3) is 0 Å². The highest BCUT2D eigenvalue weighted by atomic mass is 32.1. The lowest BCUT2D eigenvalue weighted by molar-refractivity contribution is 0.0702. The zero-order valence-corrected chi connectivity index (χ0v) is 12.3. The van der Waals surface area contributed by atoms with Crippen molar-refractivity contribution < 1.29 is 9.90 Å². The minimum Gasteiger partial charge on any atom is -0.477 e. The average Bonchev–Trinajstić information content (AvgIpc) is 2.91. The predicted octanol–water partition coefficient (Wildman–Crippen LogP) is 3.43. The molecule has 0 atom stereocenters. The van der Waals surface area contributed by atoms with Crippen molar-refractivity contribution in [2.75, 3.05) is 23.3 Å². The highest BCUT2D eigenvalue weighted by molar-refractivity contribution is 7.17. The smallest absolute Gasteiger partial charge is 0.347 e. The molecule has 0 saturated heterocycles. The van der Waals surface area contributed by atoms with Crippen molar-refractivity contribution in [2.45, 2.75) is 13.8 Å². The fourth-order valence-corrected chi connectivity index (χ4v) is 2.57. The van der Waals surface area contributed by atoms with Gasteiger partial charge >= 0.3 is 5.97 Å². The zero-order chi connectivity index (χ0) is 14.5. The summed E-state index contributed by atoms with van der Waals surface area (Å²) in [7, 11) is 0. The molecule has 0 aliphatic rings. The second kappa shape index (κ2) is 6.38. The number of carboxylic acids is 1. The molecule has 1 heterocycles. The maximum atomic E-state index is 10.8. The molecule has 20 heavy (non-hydrogen) atoms. The Labute approximate surface area is 121 Å². The van der Waals surface area contributed by atoms with Crippen LogP contribution in [0.1, 0.15) is 23.5 Å². The van der Waals surface area contributed by atoms with Gasteiger partial charge in [-0.25, -0.2) is 9.78 Å². The Balaban J connectivity index is 2.08. The van der Waals surface area contributed by atoms with E-state index < -0.39 is 5.97 Å². The SMILES string of the molecule is CCN(CC)c1ccc(Nc2ncc(C(=O)O)s2)cc1. The maximum Gasteiger partial charge on any atom is 0.347 e. The van der Waals surface area contributed by atoms with Gasteiger partial charge in [0.15, 0.2) is 5.13 Å². The lowest BCUT2D eigenvalue weighted by atomic mass is 10.2. The standard InChI is InChI=1S/C14H17N3O2S/c1-3-17(4-2)11-7-5-10(6-8-11)16-14-15-9-12(20-14)13(18)19/h5-9H,3-4H2,1-2H3,(H,15,16)(H,18,19). The molecule has 1 aromatic carbocycles. The molecule has 0 radical (unpaired) electrons. The van der Waals surface area contributed by atoms with Crippen molar-refractivity contribution in [1.82, 2.24) is 4.98 Å². The van der Waals surface area contributed by atoms with Crippen LogP contribution in [0.15, 0.2) is 30.5 Å². The summed E-state index contributed by atoms with van der Waals surface area (Å²) in [6.45, 7) is 6.19. The molecule has 0 aliphatic carbocycles. The van der Waals surface area contributed by atoms with Gasteiger partial charge in [0.05, 0.1) is 6.20 Å². The second-order valence-electron chi connectivity index (χ2n) is 4.18.